The number of rotatable bonds is 7. The first-order valence-corrected chi connectivity index (χ1v) is 6.63. The second-order valence-electron chi connectivity index (χ2n) is 5.01. The predicted octanol–water partition coefficient (Wildman–Crippen LogP) is 1.59. The molecule has 4 heteroatoms. The summed E-state index contributed by atoms with van der Waals surface area (Å²) in [6, 6.07) is 0.123. The first kappa shape index (κ1) is 14.5. The Morgan fingerprint density at radius 2 is 2.24 bits per heavy atom. The van der Waals surface area contributed by atoms with E-state index in [-0.39, 0.29) is 17.9 Å². The molecule has 1 rings (SSSR count). The Morgan fingerprint density at radius 3 is 2.88 bits per heavy atom. The predicted molar refractivity (Wildman–Crippen MR) is 66.8 cm³/mol. The van der Waals surface area contributed by atoms with Gasteiger partial charge in [0.1, 0.15) is 0 Å². The zero-order valence-corrected chi connectivity index (χ0v) is 11.2. The van der Waals surface area contributed by atoms with Crippen LogP contribution in [0.4, 0.5) is 0 Å². The zero-order chi connectivity index (χ0) is 12.7. The summed E-state index contributed by atoms with van der Waals surface area (Å²) in [6.45, 7) is 8.86. The minimum atomic E-state index is -0.131. The van der Waals surface area contributed by atoms with E-state index < -0.39 is 0 Å². The van der Waals surface area contributed by atoms with Gasteiger partial charge in [-0.05, 0) is 25.3 Å². The van der Waals surface area contributed by atoms with Crippen LogP contribution in [-0.4, -0.2) is 38.4 Å². The van der Waals surface area contributed by atoms with Crippen LogP contribution >= 0.6 is 0 Å². The summed E-state index contributed by atoms with van der Waals surface area (Å²) in [6.07, 6.45) is 2.05. The largest absolute Gasteiger partial charge is 0.465 e. The van der Waals surface area contributed by atoms with Crippen molar-refractivity contribution in [2.75, 3.05) is 26.4 Å². The minimum absolute atomic E-state index is 0.114. The van der Waals surface area contributed by atoms with Gasteiger partial charge in [-0.25, -0.2) is 0 Å². The SMILES string of the molecule is CCNC1COCC1C(=O)OCCCC(C)C. The summed E-state index contributed by atoms with van der Waals surface area (Å²) in [5.41, 5.74) is 0. The van der Waals surface area contributed by atoms with Gasteiger partial charge in [0.15, 0.2) is 0 Å². The lowest BCUT2D eigenvalue weighted by Gasteiger charge is -2.17. The van der Waals surface area contributed by atoms with E-state index in [1.54, 1.807) is 0 Å². The molecule has 1 saturated heterocycles. The molecule has 0 spiro atoms. The number of carbonyl (C=O) groups excluding carboxylic acids is 1. The van der Waals surface area contributed by atoms with Gasteiger partial charge in [-0.3, -0.25) is 4.79 Å². The normalized spacial score (nSPS) is 24.2. The first-order chi connectivity index (χ1) is 8.15. The zero-order valence-electron chi connectivity index (χ0n) is 11.2. The average Bonchev–Trinajstić information content (AvgIpc) is 2.72. The molecular weight excluding hydrogens is 218 g/mol. The van der Waals surface area contributed by atoms with Crippen molar-refractivity contribution in [2.24, 2.45) is 11.8 Å². The Balaban J connectivity index is 2.22. The molecule has 1 heterocycles. The molecule has 2 atom stereocenters. The second-order valence-corrected chi connectivity index (χ2v) is 5.01. The minimum Gasteiger partial charge on any atom is -0.465 e. The molecule has 4 nitrogen and oxygen atoms in total. The molecule has 100 valence electrons. The number of likely N-dealkylation sites (N-methyl/N-ethyl adjacent to an activating group) is 1. The number of hydrogen-bond acceptors (Lipinski definition) is 4. The van der Waals surface area contributed by atoms with Gasteiger partial charge in [-0.2, -0.15) is 0 Å². The van der Waals surface area contributed by atoms with Gasteiger partial charge in [0.05, 0.1) is 25.7 Å². The average molecular weight is 243 g/mol. The molecule has 1 N–H and O–H groups in total. The summed E-state index contributed by atoms with van der Waals surface area (Å²) in [5, 5.41) is 3.26. The lowest BCUT2D eigenvalue weighted by molar-refractivity contribution is -0.149. The number of ether oxygens (including phenoxy) is 2. The highest BCUT2D eigenvalue weighted by molar-refractivity contribution is 5.73. The van der Waals surface area contributed by atoms with Gasteiger partial charge in [0, 0.05) is 6.04 Å². The van der Waals surface area contributed by atoms with Crippen LogP contribution in [0.25, 0.3) is 0 Å². The summed E-state index contributed by atoms with van der Waals surface area (Å²) in [4.78, 5) is 11.8. The lowest BCUT2D eigenvalue weighted by atomic mass is 10.0. The molecule has 2 unspecified atom stereocenters. The smallest absolute Gasteiger partial charge is 0.312 e. The van der Waals surface area contributed by atoms with Crippen molar-refractivity contribution in [1.82, 2.24) is 5.32 Å². The highest BCUT2D eigenvalue weighted by Crippen LogP contribution is 2.15. The van der Waals surface area contributed by atoms with Gasteiger partial charge in [-0.15, -0.1) is 0 Å². The van der Waals surface area contributed by atoms with Crippen molar-refractivity contribution < 1.29 is 14.3 Å². The number of esters is 1. The third-order valence-corrected chi connectivity index (χ3v) is 3.02. The van der Waals surface area contributed by atoms with Crippen LogP contribution in [0.15, 0.2) is 0 Å². The van der Waals surface area contributed by atoms with Crippen LogP contribution < -0.4 is 5.32 Å². The first-order valence-electron chi connectivity index (χ1n) is 6.63. The van der Waals surface area contributed by atoms with Crippen LogP contribution in [0, 0.1) is 11.8 Å². The molecule has 1 aliphatic heterocycles. The molecule has 0 aromatic heterocycles. The lowest BCUT2D eigenvalue weighted by Crippen LogP contribution is -2.39. The summed E-state index contributed by atoms with van der Waals surface area (Å²) >= 11 is 0. The standard InChI is InChI=1S/C13H25NO3/c1-4-14-12-9-16-8-11(12)13(15)17-7-5-6-10(2)3/h10-12,14H,4-9H2,1-3H3. The van der Waals surface area contributed by atoms with Crippen molar-refractivity contribution >= 4 is 5.97 Å². The molecule has 0 amide bonds. The molecule has 1 fully saturated rings. The molecule has 0 aliphatic carbocycles. The third kappa shape index (κ3) is 5.04. The van der Waals surface area contributed by atoms with E-state index in [9.17, 15) is 4.79 Å². The molecule has 17 heavy (non-hydrogen) atoms. The quantitative estimate of drug-likeness (QED) is 0.545. The van der Waals surface area contributed by atoms with Crippen molar-refractivity contribution in [1.29, 1.82) is 0 Å². The maximum atomic E-state index is 11.8. The van der Waals surface area contributed by atoms with E-state index in [1.807, 2.05) is 6.92 Å². The highest BCUT2D eigenvalue weighted by atomic mass is 16.5. The van der Waals surface area contributed by atoms with Gasteiger partial charge in [0.2, 0.25) is 0 Å². The molecule has 0 aromatic rings. The van der Waals surface area contributed by atoms with Crippen molar-refractivity contribution in [3.8, 4) is 0 Å². The Hall–Kier alpha value is -0.610. The van der Waals surface area contributed by atoms with Gasteiger partial charge in [-0.1, -0.05) is 20.8 Å². The van der Waals surface area contributed by atoms with Crippen LogP contribution in [0.3, 0.4) is 0 Å². The van der Waals surface area contributed by atoms with Crippen molar-refractivity contribution in [3.05, 3.63) is 0 Å². The van der Waals surface area contributed by atoms with E-state index in [1.165, 1.54) is 0 Å². The fraction of sp³-hybridized carbons (Fsp3) is 0.923. The van der Waals surface area contributed by atoms with Gasteiger partial charge in [0.25, 0.3) is 0 Å². The van der Waals surface area contributed by atoms with Gasteiger partial charge >= 0.3 is 5.97 Å². The van der Waals surface area contributed by atoms with Crippen LogP contribution in [0.5, 0.6) is 0 Å². The second kappa shape index (κ2) is 7.67. The summed E-state index contributed by atoms with van der Waals surface area (Å²) in [5.74, 6) is 0.421. The Labute approximate surface area is 104 Å². The molecule has 1 aliphatic rings. The number of carbonyl (C=O) groups is 1. The van der Waals surface area contributed by atoms with Gasteiger partial charge < -0.3 is 14.8 Å². The maximum Gasteiger partial charge on any atom is 0.312 e. The topological polar surface area (TPSA) is 47.6 Å². The molecule has 0 aromatic carbocycles. The van der Waals surface area contributed by atoms with Crippen LogP contribution in [0.2, 0.25) is 0 Å². The molecular formula is C13H25NO3. The summed E-state index contributed by atoms with van der Waals surface area (Å²) in [7, 11) is 0. The maximum absolute atomic E-state index is 11.8. The summed E-state index contributed by atoms with van der Waals surface area (Å²) < 4.78 is 10.6. The molecule has 0 bridgehead atoms. The molecule has 0 radical (unpaired) electrons. The third-order valence-electron chi connectivity index (χ3n) is 3.02. The van der Waals surface area contributed by atoms with Crippen molar-refractivity contribution in [2.45, 2.75) is 39.7 Å². The Morgan fingerprint density at radius 1 is 1.47 bits per heavy atom. The number of hydrogen-bond donors (Lipinski definition) is 1. The fourth-order valence-corrected chi connectivity index (χ4v) is 2.02. The van der Waals surface area contributed by atoms with Crippen molar-refractivity contribution in [3.63, 3.8) is 0 Å². The highest BCUT2D eigenvalue weighted by Gasteiger charge is 2.34. The Bertz CT molecular complexity index is 231. The molecule has 0 saturated carbocycles. The van der Waals surface area contributed by atoms with E-state index in [2.05, 4.69) is 19.2 Å². The van der Waals surface area contributed by atoms with Crippen LogP contribution in [0.1, 0.15) is 33.6 Å². The Kier molecular flexibility index (Phi) is 6.52. The number of nitrogens with one attached hydrogen (secondary N) is 1. The van der Waals surface area contributed by atoms with E-state index in [0.717, 1.165) is 19.4 Å². The van der Waals surface area contributed by atoms with E-state index in [0.29, 0.717) is 25.7 Å². The monoisotopic (exact) mass is 243 g/mol. The van der Waals surface area contributed by atoms with E-state index in [4.69, 9.17) is 9.47 Å². The van der Waals surface area contributed by atoms with Crippen LogP contribution in [-0.2, 0) is 14.3 Å². The van der Waals surface area contributed by atoms with E-state index >= 15 is 0 Å². The fourth-order valence-electron chi connectivity index (χ4n) is 2.02.